The van der Waals surface area contributed by atoms with E-state index in [0.29, 0.717) is 0 Å². The molecule has 0 spiro atoms. The van der Waals surface area contributed by atoms with Crippen molar-refractivity contribution in [3.05, 3.63) is 41.9 Å². The molecule has 2 aromatic heterocycles. The van der Waals surface area contributed by atoms with E-state index in [4.69, 9.17) is 0 Å². The average molecular weight is 237 g/mol. The van der Waals surface area contributed by atoms with Crippen LogP contribution < -0.4 is 5.32 Å². The molecule has 84 valence electrons. The van der Waals surface area contributed by atoms with Crippen LogP contribution in [0.2, 0.25) is 0 Å². The number of halogens is 1. The molecule has 16 heavy (non-hydrogen) atoms. The van der Waals surface area contributed by atoms with Crippen molar-refractivity contribution >= 4 is 12.4 Å². The second kappa shape index (κ2) is 4.63. The Balaban J connectivity index is 0.000000963. The number of pyridine rings is 1. The van der Waals surface area contributed by atoms with Crippen molar-refractivity contribution < 1.29 is 0 Å². The van der Waals surface area contributed by atoms with Crippen LogP contribution in [-0.2, 0) is 13.0 Å². The van der Waals surface area contributed by atoms with Gasteiger partial charge in [-0.1, -0.05) is 6.07 Å². The predicted octanol–water partition coefficient (Wildman–Crippen LogP) is 1.33. The predicted molar refractivity (Wildman–Crippen MR) is 64.0 cm³/mol. The fourth-order valence-corrected chi connectivity index (χ4v) is 1.84. The van der Waals surface area contributed by atoms with E-state index in [9.17, 15) is 0 Å². The van der Waals surface area contributed by atoms with E-state index in [1.54, 1.807) is 6.20 Å². The summed E-state index contributed by atoms with van der Waals surface area (Å²) in [4.78, 5) is 4.27. The summed E-state index contributed by atoms with van der Waals surface area (Å²) in [5.41, 5.74) is 2.48. The second-order valence-electron chi connectivity index (χ2n) is 3.66. The molecule has 0 unspecified atom stereocenters. The van der Waals surface area contributed by atoms with Gasteiger partial charge in [0.2, 0.25) is 0 Å². The summed E-state index contributed by atoms with van der Waals surface area (Å²) >= 11 is 0. The van der Waals surface area contributed by atoms with Crippen molar-refractivity contribution in [3.63, 3.8) is 0 Å². The topological polar surface area (TPSA) is 42.7 Å². The third kappa shape index (κ3) is 1.94. The molecule has 0 fully saturated rings. The first-order valence-corrected chi connectivity index (χ1v) is 5.13. The Morgan fingerprint density at radius 2 is 2.25 bits per heavy atom. The minimum atomic E-state index is 0. The molecule has 1 N–H and O–H groups in total. The van der Waals surface area contributed by atoms with E-state index in [1.807, 2.05) is 22.9 Å². The van der Waals surface area contributed by atoms with Gasteiger partial charge >= 0.3 is 0 Å². The van der Waals surface area contributed by atoms with E-state index < -0.39 is 0 Å². The zero-order valence-electron chi connectivity index (χ0n) is 8.76. The van der Waals surface area contributed by atoms with Gasteiger partial charge in [-0.2, -0.15) is 5.10 Å². The minimum absolute atomic E-state index is 0. The number of aromatic nitrogens is 3. The molecule has 0 aromatic carbocycles. The van der Waals surface area contributed by atoms with Crippen LogP contribution >= 0.6 is 12.4 Å². The molecule has 0 aliphatic carbocycles. The Morgan fingerprint density at radius 3 is 3.00 bits per heavy atom. The Labute approximate surface area is 100 Å². The number of nitrogens with one attached hydrogen (secondary N) is 1. The number of fused-ring (bicyclic) bond motifs is 1. The van der Waals surface area contributed by atoms with Gasteiger partial charge in [-0.3, -0.25) is 0 Å². The van der Waals surface area contributed by atoms with E-state index in [1.165, 1.54) is 11.3 Å². The van der Waals surface area contributed by atoms with Gasteiger partial charge in [0.1, 0.15) is 0 Å². The lowest BCUT2D eigenvalue weighted by atomic mass is 10.1. The number of nitrogens with zero attached hydrogens (tertiary/aromatic N) is 3. The summed E-state index contributed by atoms with van der Waals surface area (Å²) < 4.78 is 1.86. The lowest BCUT2D eigenvalue weighted by Crippen LogP contribution is -2.22. The Morgan fingerprint density at radius 1 is 1.31 bits per heavy atom. The van der Waals surface area contributed by atoms with E-state index in [0.717, 1.165) is 25.3 Å². The SMILES string of the molecule is Cl.c1ccc(-n2cc3c(n2)CCNC3)nc1. The zero-order valence-corrected chi connectivity index (χ0v) is 9.57. The average Bonchev–Trinajstić information content (AvgIpc) is 2.74. The van der Waals surface area contributed by atoms with Gasteiger partial charge in [0.05, 0.1) is 5.69 Å². The fraction of sp³-hybridized carbons (Fsp3) is 0.273. The summed E-state index contributed by atoms with van der Waals surface area (Å²) in [6.45, 7) is 1.94. The molecule has 1 aliphatic heterocycles. The first-order valence-electron chi connectivity index (χ1n) is 5.13. The number of hydrogen-bond acceptors (Lipinski definition) is 3. The standard InChI is InChI=1S/C11H12N4.ClH/c1-2-5-13-11(3-1)15-8-9-7-12-6-4-10(9)14-15;/h1-3,5,8,12H,4,6-7H2;1H. The van der Waals surface area contributed by atoms with Crippen LogP contribution in [0.15, 0.2) is 30.6 Å². The van der Waals surface area contributed by atoms with Crippen LogP contribution in [0.5, 0.6) is 0 Å². The van der Waals surface area contributed by atoms with Crippen LogP contribution in [0.1, 0.15) is 11.3 Å². The molecule has 0 saturated heterocycles. The fourth-order valence-electron chi connectivity index (χ4n) is 1.84. The van der Waals surface area contributed by atoms with Gasteiger partial charge < -0.3 is 5.32 Å². The summed E-state index contributed by atoms with van der Waals surface area (Å²) in [5, 5.41) is 7.87. The molecule has 4 nitrogen and oxygen atoms in total. The maximum atomic E-state index is 4.54. The van der Waals surface area contributed by atoms with Gasteiger partial charge in [0.15, 0.2) is 5.82 Å². The van der Waals surface area contributed by atoms with E-state index >= 15 is 0 Å². The molecule has 1 aliphatic rings. The monoisotopic (exact) mass is 236 g/mol. The largest absolute Gasteiger partial charge is 0.312 e. The quantitative estimate of drug-likeness (QED) is 0.813. The van der Waals surface area contributed by atoms with E-state index in [-0.39, 0.29) is 12.4 Å². The number of hydrogen-bond donors (Lipinski definition) is 1. The highest BCUT2D eigenvalue weighted by Gasteiger charge is 2.13. The van der Waals surface area contributed by atoms with Gasteiger partial charge in [-0.05, 0) is 12.1 Å². The van der Waals surface area contributed by atoms with Crippen molar-refractivity contribution in [2.24, 2.45) is 0 Å². The first kappa shape index (κ1) is 11.1. The molecular formula is C11H13ClN4. The van der Waals surface area contributed by atoms with Gasteiger partial charge in [0, 0.05) is 37.5 Å². The molecule has 3 rings (SSSR count). The third-order valence-electron chi connectivity index (χ3n) is 2.62. The summed E-state index contributed by atoms with van der Waals surface area (Å²) in [5.74, 6) is 0.881. The molecule has 3 heterocycles. The van der Waals surface area contributed by atoms with Crippen LogP contribution in [0.4, 0.5) is 0 Å². The van der Waals surface area contributed by atoms with Gasteiger partial charge in [-0.25, -0.2) is 9.67 Å². The number of rotatable bonds is 1. The Bertz CT molecular complexity index is 443. The zero-order chi connectivity index (χ0) is 10.1. The molecular weight excluding hydrogens is 224 g/mol. The van der Waals surface area contributed by atoms with Crippen LogP contribution in [-0.4, -0.2) is 21.3 Å². The van der Waals surface area contributed by atoms with Gasteiger partial charge in [-0.15, -0.1) is 12.4 Å². The highest BCUT2D eigenvalue weighted by atomic mass is 35.5. The molecule has 0 amide bonds. The molecule has 0 atom stereocenters. The summed E-state index contributed by atoms with van der Waals surface area (Å²) in [7, 11) is 0. The van der Waals surface area contributed by atoms with Crippen LogP contribution in [0.3, 0.4) is 0 Å². The van der Waals surface area contributed by atoms with Crippen molar-refractivity contribution in [2.45, 2.75) is 13.0 Å². The third-order valence-corrected chi connectivity index (χ3v) is 2.62. The minimum Gasteiger partial charge on any atom is -0.312 e. The molecule has 5 heteroatoms. The second-order valence-corrected chi connectivity index (χ2v) is 3.66. The first-order chi connectivity index (χ1) is 7.43. The van der Waals surface area contributed by atoms with Crippen molar-refractivity contribution in [1.29, 1.82) is 0 Å². The van der Waals surface area contributed by atoms with Gasteiger partial charge in [0.25, 0.3) is 0 Å². The van der Waals surface area contributed by atoms with Crippen molar-refractivity contribution in [1.82, 2.24) is 20.1 Å². The summed E-state index contributed by atoms with van der Waals surface area (Å²) in [6.07, 6.45) is 4.85. The molecule has 2 aromatic rings. The maximum absolute atomic E-state index is 4.54. The van der Waals surface area contributed by atoms with Crippen molar-refractivity contribution in [2.75, 3.05) is 6.54 Å². The smallest absolute Gasteiger partial charge is 0.153 e. The Hall–Kier alpha value is -1.39. The van der Waals surface area contributed by atoms with E-state index in [2.05, 4.69) is 21.6 Å². The van der Waals surface area contributed by atoms with Crippen molar-refractivity contribution in [3.8, 4) is 5.82 Å². The van der Waals surface area contributed by atoms with Crippen LogP contribution in [0.25, 0.3) is 5.82 Å². The lowest BCUT2D eigenvalue weighted by molar-refractivity contribution is 0.635. The molecule has 0 saturated carbocycles. The Kier molecular flexibility index (Phi) is 3.22. The van der Waals surface area contributed by atoms with Crippen LogP contribution in [0, 0.1) is 0 Å². The highest BCUT2D eigenvalue weighted by molar-refractivity contribution is 5.85. The molecule has 0 bridgehead atoms. The summed E-state index contributed by atoms with van der Waals surface area (Å²) in [6, 6.07) is 5.85. The molecule has 0 radical (unpaired) electrons. The highest BCUT2D eigenvalue weighted by Crippen LogP contribution is 2.13. The maximum Gasteiger partial charge on any atom is 0.153 e. The lowest BCUT2D eigenvalue weighted by Gasteiger charge is -2.09. The normalized spacial score (nSPS) is 14.0.